The Morgan fingerprint density at radius 1 is 0.962 bits per heavy atom. The normalized spacial score (nSPS) is 23.3. The van der Waals surface area contributed by atoms with Gasteiger partial charge in [0.15, 0.2) is 0 Å². The van der Waals surface area contributed by atoms with Crippen molar-refractivity contribution in [1.29, 1.82) is 5.26 Å². The molecule has 2 saturated heterocycles. The topological polar surface area (TPSA) is 149 Å². The molecule has 4 aliphatic rings. The fraction of sp³-hybridized carbons (Fsp3) is 0.400. The molecule has 3 aromatic carbocycles. The molecule has 52 heavy (non-hydrogen) atoms. The van der Waals surface area contributed by atoms with Gasteiger partial charge in [-0.05, 0) is 73.2 Å². The van der Waals surface area contributed by atoms with Gasteiger partial charge >= 0.3 is 0 Å². The predicted octanol–water partition coefficient (Wildman–Crippen LogP) is 5.29. The zero-order valence-electron chi connectivity index (χ0n) is 29.5. The molecule has 3 aliphatic heterocycles. The Kier molecular flexibility index (Phi) is 8.86. The first-order valence-electron chi connectivity index (χ1n) is 17.6. The van der Waals surface area contributed by atoms with Gasteiger partial charge in [-0.1, -0.05) is 51.4 Å². The van der Waals surface area contributed by atoms with Crippen LogP contribution in [0.3, 0.4) is 0 Å². The minimum atomic E-state index is -0.983. The number of fused-ring (bicyclic) bond motifs is 1. The van der Waals surface area contributed by atoms with Gasteiger partial charge in [0.2, 0.25) is 11.8 Å². The van der Waals surface area contributed by atoms with Crippen LogP contribution in [0.1, 0.15) is 89.2 Å². The molecule has 3 heterocycles. The molecule has 1 unspecified atom stereocenters. The molecular formula is C40H40ClN5O6. The molecule has 0 aromatic heterocycles. The number of hydrogen-bond acceptors (Lipinski definition) is 8. The molecule has 0 bridgehead atoms. The van der Waals surface area contributed by atoms with Gasteiger partial charge in [0.05, 0.1) is 21.7 Å². The summed E-state index contributed by atoms with van der Waals surface area (Å²) in [5, 5.41) is 15.0. The van der Waals surface area contributed by atoms with Crippen LogP contribution in [0.25, 0.3) is 0 Å². The van der Waals surface area contributed by atoms with E-state index in [0.29, 0.717) is 27.8 Å². The van der Waals surface area contributed by atoms with Crippen LogP contribution in [0.2, 0.25) is 5.02 Å². The standard InChI is InChI=1S/C40H40ClN5O6/c1-39(2)37(40(3,4)38(39)52-27-13-11-25(19-42)30(41)18-27)44-33(48)24-9-7-22(8-10-24)5-6-23-20-45(21-23)26-12-14-28-29(17-26)36(51)46(35(28)50)31-15-16-32(47)43-34(31)49/h7-14,17-18,23,31,37-38H,5-6,15-16,20-21H2,1-4H3,(H,44,48)(H,43,47,49)/t31?,37-,38-. The molecule has 0 radical (unpaired) electrons. The van der Waals surface area contributed by atoms with Gasteiger partial charge in [-0.15, -0.1) is 0 Å². The number of amides is 5. The molecule has 2 N–H and O–H groups in total. The highest BCUT2D eigenvalue weighted by Crippen LogP contribution is 2.55. The van der Waals surface area contributed by atoms with Crippen molar-refractivity contribution in [1.82, 2.24) is 15.5 Å². The van der Waals surface area contributed by atoms with Crippen LogP contribution in [-0.4, -0.2) is 65.7 Å². The number of imide groups is 2. The molecule has 12 heteroatoms. The summed E-state index contributed by atoms with van der Waals surface area (Å²) in [6, 6.07) is 18.9. The smallest absolute Gasteiger partial charge is 0.262 e. The van der Waals surface area contributed by atoms with Crippen molar-refractivity contribution >= 4 is 46.8 Å². The second-order valence-electron chi connectivity index (χ2n) is 15.5. The lowest BCUT2D eigenvalue weighted by Gasteiger charge is -2.63. The zero-order chi connectivity index (χ0) is 37.1. The number of benzene rings is 3. The summed E-state index contributed by atoms with van der Waals surface area (Å²) in [6.45, 7) is 9.93. The monoisotopic (exact) mass is 721 g/mol. The Bertz CT molecular complexity index is 2030. The van der Waals surface area contributed by atoms with Gasteiger partial charge < -0.3 is 15.0 Å². The van der Waals surface area contributed by atoms with E-state index in [-0.39, 0.29) is 52.9 Å². The molecule has 3 aromatic rings. The van der Waals surface area contributed by atoms with E-state index in [1.807, 2.05) is 30.3 Å². The van der Waals surface area contributed by atoms with Crippen molar-refractivity contribution in [2.75, 3.05) is 18.0 Å². The number of carbonyl (C=O) groups is 5. The predicted molar refractivity (Wildman–Crippen MR) is 193 cm³/mol. The third-order valence-corrected chi connectivity index (χ3v) is 11.5. The molecule has 11 nitrogen and oxygen atoms in total. The van der Waals surface area contributed by atoms with Crippen LogP contribution >= 0.6 is 11.6 Å². The largest absolute Gasteiger partial charge is 0.489 e. The molecule has 1 saturated carbocycles. The maximum Gasteiger partial charge on any atom is 0.262 e. The van der Waals surface area contributed by atoms with Gasteiger partial charge in [-0.25, -0.2) is 0 Å². The zero-order valence-corrected chi connectivity index (χ0v) is 30.3. The van der Waals surface area contributed by atoms with Gasteiger partial charge in [0, 0.05) is 53.7 Å². The summed E-state index contributed by atoms with van der Waals surface area (Å²) in [4.78, 5) is 66.7. The molecule has 268 valence electrons. The van der Waals surface area contributed by atoms with Crippen LogP contribution in [0, 0.1) is 28.1 Å². The lowest BCUT2D eigenvalue weighted by atomic mass is 9.49. The number of nitrogens with zero attached hydrogens (tertiary/aromatic N) is 3. The van der Waals surface area contributed by atoms with Crippen LogP contribution < -0.4 is 20.3 Å². The highest BCUT2D eigenvalue weighted by Gasteiger charge is 2.64. The minimum absolute atomic E-state index is 0.0816. The van der Waals surface area contributed by atoms with Crippen molar-refractivity contribution in [2.45, 2.75) is 71.6 Å². The van der Waals surface area contributed by atoms with E-state index in [1.54, 1.807) is 30.3 Å². The maximum absolute atomic E-state index is 13.4. The summed E-state index contributed by atoms with van der Waals surface area (Å²) in [7, 11) is 0. The lowest BCUT2D eigenvalue weighted by Crippen LogP contribution is -2.74. The van der Waals surface area contributed by atoms with Crippen molar-refractivity contribution in [3.63, 3.8) is 0 Å². The molecule has 3 fully saturated rings. The van der Waals surface area contributed by atoms with E-state index in [1.165, 1.54) is 0 Å². The summed E-state index contributed by atoms with van der Waals surface area (Å²) in [5.41, 5.74) is 2.81. The number of rotatable bonds is 9. The highest BCUT2D eigenvalue weighted by atomic mass is 35.5. The first kappa shape index (κ1) is 35.2. The van der Waals surface area contributed by atoms with Gasteiger partial charge in [0.1, 0.15) is 24.0 Å². The number of nitriles is 1. The van der Waals surface area contributed by atoms with E-state index in [4.69, 9.17) is 16.3 Å². The number of anilines is 1. The van der Waals surface area contributed by atoms with Gasteiger partial charge in [0.25, 0.3) is 17.7 Å². The number of aryl methyl sites for hydroxylation is 1. The molecule has 0 spiro atoms. The van der Waals surface area contributed by atoms with Gasteiger partial charge in [-0.2, -0.15) is 5.26 Å². The Balaban J connectivity index is 0.895. The maximum atomic E-state index is 13.4. The third kappa shape index (κ3) is 6.09. The van der Waals surface area contributed by atoms with E-state index in [9.17, 15) is 29.2 Å². The molecule has 1 atom stereocenters. The Labute approximate surface area is 307 Å². The molecule has 1 aliphatic carbocycles. The van der Waals surface area contributed by atoms with Crippen molar-refractivity contribution < 1.29 is 28.7 Å². The minimum Gasteiger partial charge on any atom is -0.489 e. The van der Waals surface area contributed by atoms with E-state index in [2.05, 4.69) is 49.3 Å². The molecule has 7 rings (SSSR count). The molecular weight excluding hydrogens is 682 g/mol. The fourth-order valence-electron chi connectivity index (χ4n) is 8.62. The number of hydrogen-bond donors (Lipinski definition) is 2. The SMILES string of the molecule is CC1(C)[C@H](NC(=O)c2ccc(CCC3CN(c4ccc5c(c4)C(=O)N(C4CCC(=O)NC4=O)C5=O)C3)cc2)C(C)(C)[C@H]1Oc1ccc(C#N)c(Cl)c1. The summed E-state index contributed by atoms with van der Waals surface area (Å²) < 4.78 is 6.35. The number of carbonyl (C=O) groups excluding carboxylic acids is 5. The van der Waals surface area contributed by atoms with Crippen LogP contribution in [-0.2, 0) is 16.0 Å². The second-order valence-corrected chi connectivity index (χ2v) is 15.9. The lowest BCUT2D eigenvalue weighted by molar-refractivity contribution is -0.164. The summed E-state index contributed by atoms with van der Waals surface area (Å²) >= 11 is 6.22. The van der Waals surface area contributed by atoms with Crippen molar-refractivity contribution in [3.05, 3.63) is 93.5 Å². The Morgan fingerprint density at radius 3 is 2.31 bits per heavy atom. The number of nitrogens with one attached hydrogen (secondary N) is 2. The second kappa shape index (κ2) is 13.1. The number of ether oxygens (including phenoxy) is 1. The van der Waals surface area contributed by atoms with Crippen LogP contribution in [0.4, 0.5) is 5.69 Å². The Morgan fingerprint density at radius 2 is 1.65 bits per heavy atom. The third-order valence-electron chi connectivity index (χ3n) is 11.2. The first-order chi connectivity index (χ1) is 24.7. The van der Waals surface area contributed by atoms with E-state index < -0.39 is 29.7 Å². The van der Waals surface area contributed by atoms with E-state index in [0.717, 1.165) is 42.1 Å². The number of piperidine rings is 1. The average Bonchev–Trinajstić information content (AvgIpc) is 3.33. The van der Waals surface area contributed by atoms with Crippen LogP contribution in [0.15, 0.2) is 60.7 Å². The highest BCUT2D eigenvalue weighted by molar-refractivity contribution is 6.31. The van der Waals surface area contributed by atoms with Crippen molar-refractivity contribution in [3.8, 4) is 11.8 Å². The number of halogens is 1. The van der Waals surface area contributed by atoms with E-state index >= 15 is 0 Å². The first-order valence-corrected chi connectivity index (χ1v) is 17.9. The summed E-state index contributed by atoms with van der Waals surface area (Å²) in [6.07, 6.45) is 1.84. The molecule has 5 amide bonds. The van der Waals surface area contributed by atoms with Gasteiger partial charge in [-0.3, -0.25) is 34.2 Å². The Hall–Kier alpha value is -5.21. The summed E-state index contributed by atoms with van der Waals surface area (Å²) in [5.74, 6) is -1.14. The van der Waals surface area contributed by atoms with Crippen molar-refractivity contribution in [2.24, 2.45) is 16.7 Å². The van der Waals surface area contributed by atoms with Crippen LogP contribution in [0.5, 0.6) is 5.75 Å². The fourth-order valence-corrected chi connectivity index (χ4v) is 8.84. The quantitative estimate of drug-likeness (QED) is 0.283. The average molecular weight is 722 g/mol.